The highest BCUT2D eigenvalue weighted by molar-refractivity contribution is 6.12. The zero-order valence-electron chi connectivity index (χ0n) is 48.3. The number of ether oxygens (including phenoxy) is 4. The van der Waals surface area contributed by atoms with Crippen LogP contribution in [0.3, 0.4) is 0 Å². The van der Waals surface area contributed by atoms with Crippen molar-refractivity contribution in [1.82, 2.24) is 40.9 Å². The lowest BCUT2D eigenvalue weighted by molar-refractivity contribution is -0.148. The van der Waals surface area contributed by atoms with Crippen LogP contribution in [0.25, 0.3) is 0 Å². The van der Waals surface area contributed by atoms with Crippen LogP contribution in [0.1, 0.15) is 112 Å². The van der Waals surface area contributed by atoms with Crippen LogP contribution in [0.2, 0.25) is 0 Å². The summed E-state index contributed by atoms with van der Waals surface area (Å²) in [6.45, 7) is 15.9. The summed E-state index contributed by atoms with van der Waals surface area (Å²) in [5.41, 5.74) is 1.01. The van der Waals surface area contributed by atoms with Crippen molar-refractivity contribution in [3.8, 4) is 0 Å². The number of benzene rings is 1. The summed E-state index contributed by atoms with van der Waals surface area (Å²) in [4.78, 5) is 112. The molecule has 3 rings (SSSR count). The lowest BCUT2D eigenvalue weighted by atomic mass is 9.89. The highest BCUT2D eigenvalue weighted by atomic mass is 16.5. The van der Waals surface area contributed by atoms with E-state index in [1.54, 1.807) is 30.9 Å². The number of nitrogens with zero attached hydrogens (tertiary/aromatic N) is 4. The SMILES string of the molecule is CC[C@H](C)[C@@H]([C@@H](CC(=O)N1CCC[C@H]1[C@H](OC)[C@@H](C)C(=O)N[C@H](CCc1ccccc1)C(=O)NCCOCCOCCNC(=O)CCCCCN1C(=O)C=CC1=O)OC)N(C)C(=O)[C@@H](NC(=O)[C@H](C(C)C)N(C)C)C(C)C. The highest BCUT2D eigenvalue weighted by Crippen LogP contribution is 2.30. The van der Waals surface area contributed by atoms with Gasteiger partial charge in [0, 0.05) is 66.0 Å². The number of likely N-dealkylation sites (N-methyl/N-ethyl adjacent to an activating group) is 2. The van der Waals surface area contributed by atoms with E-state index in [2.05, 4.69) is 21.3 Å². The van der Waals surface area contributed by atoms with Crippen molar-refractivity contribution >= 4 is 47.3 Å². The summed E-state index contributed by atoms with van der Waals surface area (Å²) >= 11 is 0. The molecule has 0 aromatic heterocycles. The molecule has 0 spiro atoms. The third-order valence-electron chi connectivity index (χ3n) is 14.8. The van der Waals surface area contributed by atoms with E-state index < -0.39 is 48.3 Å². The molecule has 1 aromatic rings. The smallest absolute Gasteiger partial charge is 0.253 e. The number of amides is 8. The van der Waals surface area contributed by atoms with Gasteiger partial charge in [-0.05, 0) is 75.9 Å². The van der Waals surface area contributed by atoms with Crippen molar-refractivity contribution < 1.29 is 57.3 Å². The Morgan fingerprint density at radius 3 is 1.96 bits per heavy atom. The molecular weight excluding hydrogens is 989 g/mol. The Labute approximate surface area is 458 Å². The van der Waals surface area contributed by atoms with Gasteiger partial charge < -0.3 is 50.0 Å². The van der Waals surface area contributed by atoms with Gasteiger partial charge in [0.25, 0.3) is 11.8 Å². The Balaban J connectivity index is 1.55. The second-order valence-electron chi connectivity index (χ2n) is 21.4. The summed E-state index contributed by atoms with van der Waals surface area (Å²) in [7, 11) is 8.48. The van der Waals surface area contributed by atoms with E-state index in [0.717, 1.165) is 5.56 Å². The van der Waals surface area contributed by atoms with E-state index in [-0.39, 0.29) is 97.8 Å². The minimum atomic E-state index is -0.876. The maximum absolute atomic E-state index is 14.5. The van der Waals surface area contributed by atoms with E-state index in [9.17, 15) is 38.4 Å². The van der Waals surface area contributed by atoms with Crippen LogP contribution in [-0.2, 0) is 63.7 Å². The fraction of sp³-hybridized carbons (Fsp3) is 0.719. The predicted octanol–water partition coefficient (Wildman–Crippen LogP) is 3.50. The Bertz CT molecular complexity index is 2030. The first kappa shape index (κ1) is 66.0. The number of nitrogens with one attached hydrogen (secondary N) is 4. The van der Waals surface area contributed by atoms with E-state index in [0.29, 0.717) is 84.0 Å². The number of rotatable bonds is 37. The van der Waals surface area contributed by atoms with Crippen molar-refractivity contribution in [3.05, 3.63) is 48.0 Å². The van der Waals surface area contributed by atoms with Crippen LogP contribution in [0.15, 0.2) is 42.5 Å². The van der Waals surface area contributed by atoms with Crippen LogP contribution in [0.5, 0.6) is 0 Å². The molecule has 2 aliphatic rings. The van der Waals surface area contributed by atoms with Gasteiger partial charge >= 0.3 is 0 Å². The van der Waals surface area contributed by atoms with Gasteiger partial charge in [0.05, 0.1) is 69.1 Å². The van der Waals surface area contributed by atoms with Crippen LogP contribution in [0, 0.1) is 23.7 Å². The summed E-state index contributed by atoms with van der Waals surface area (Å²) in [6, 6.07) is 6.65. The van der Waals surface area contributed by atoms with Crippen molar-refractivity contribution in [2.75, 3.05) is 88.0 Å². The third-order valence-corrected chi connectivity index (χ3v) is 14.8. The summed E-state index contributed by atoms with van der Waals surface area (Å²) in [5, 5.41) is 11.7. The van der Waals surface area contributed by atoms with Gasteiger partial charge in [-0.25, -0.2) is 0 Å². The highest BCUT2D eigenvalue weighted by Gasteiger charge is 2.43. The molecule has 1 aromatic carbocycles. The van der Waals surface area contributed by atoms with Crippen LogP contribution in [0.4, 0.5) is 0 Å². The van der Waals surface area contributed by atoms with Gasteiger partial charge in [0.1, 0.15) is 12.1 Å². The monoisotopic (exact) mass is 1080 g/mol. The van der Waals surface area contributed by atoms with Gasteiger partial charge in [-0.3, -0.25) is 48.2 Å². The molecule has 2 aliphatic heterocycles. The molecule has 0 radical (unpaired) electrons. The first-order valence-corrected chi connectivity index (χ1v) is 27.8. The zero-order valence-corrected chi connectivity index (χ0v) is 48.3. The molecule has 434 valence electrons. The minimum absolute atomic E-state index is 0.0171. The molecule has 0 saturated carbocycles. The fourth-order valence-electron chi connectivity index (χ4n) is 10.4. The number of methoxy groups -OCH3 is 2. The second kappa shape index (κ2) is 34.6. The predicted molar refractivity (Wildman–Crippen MR) is 294 cm³/mol. The van der Waals surface area contributed by atoms with Crippen molar-refractivity contribution in [3.63, 3.8) is 0 Å². The lowest BCUT2D eigenvalue weighted by Gasteiger charge is -2.41. The van der Waals surface area contributed by atoms with Crippen LogP contribution in [-0.4, -0.2) is 197 Å². The average Bonchev–Trinajstić information content (AvgIpc) is 4.01. The first-order valence-electron chi connectivity index (χ1n) is 27.8. The van der Waals surface area contributed by atoms with Gasteiger partial charge in [0.2, 0.25) is 35.4 Å². The molecule has 1 fully saturated rings. The molecule has 77 heavy (non-hydrogen) atoms. The number of likely N-dealkylation sites (tertiary alicyclic amines) is 1. The average molecular weight is 1080 g/mol. The second-order valence-corrected chi connectivity index (χ2v) is 21.4. The Kier molecular flexibility index (Phi) is 29.6. The Morgan fingerprint density at radius 1 is 0.753 bits per heavy atom. The first-order chi connectivity index (χ1) is 36.7. The van der Waals surface area contributed by atoms with Gasteiger partial charge in [0.15, 0.2) is 0 Å². The fourth-order valence-corrected chi connectivity index (χ4v) is 10.4. The molecule has 8 amide bonds. The summed E-state index contributed by atoms with van der Waals surface area (Å²) in [5.74, 6) is -3.14. The lowest BCUT2D eigenvalue weighted by Crippen LogP contribution is -2.59. The van der Waals surface area contributed by atoms with Gasteiger partial charge in [-0.2, -0.15) is 0 Å². The number of carbonyl (C=O) groups excluding carboxylic acids is 8. The molecule has 20 heteroatoms. The molecule has 4 N–H and O–H groups in total. The Morgan fingerprint density at radius 2 is 1.39 bits per heavy atom. The number of hydrogen-bond donors (Lipinski definition) is 4. The zero-order chi connectivity index (χ0) is 57.2. The molecule has 2 heterocycles. The number of aryl methyl sites for hydroxylation is 1. The van der Waals surface area contributed by atoms with E-state index in [1.165, 1.54) is 24.2 Å². The van der Waals surface area contributed by atoms with Crippen molar-refractivity contribution in [2.24, 2.45) is 23.7 Å². The van der Waals surface area contributed by atoms with E-state index >= 15 is 0 Å². The normalized spacial score (nSPS) is 17.7. The summed E-state index contributed by atoms with van der Waals surface area (Å²) < 4.78 is 23.4. The maximum atomic E-state index is 14.5. The number of hydrogen-bond acceptors (Lipinski definition) is 13. The quantitative estimate of drug-likeness (QED) is 0.0553. The van der Waals surface area contributed by atoms with E-state index in [4.69, 9.17) is 18.9 Å². The number of unbranched alkanes of at least 4 members (excludes halogenated alkanes) is 2. The molecule has 0 unspecified atom stereocenters. The maximum Gasteiger partial charge on any atom is 0.253 e. The van der Waals surface area contributed by atoms with Crippen LogP contribution >= 0.6 is 0 Å². The van der Waals surface area contributed by atoms with Gasteiger partial charge in [-0.15, -0.1) is 0 Å². The molecule has 20 nitrogen and oxygen atoms in total. The number of imide groups is 1. The Hall–Kier alpha value is -5.28. The topological polar surface area (TPSA) is 235 Å². The molecular formula is C57H94N8O12. The third kappa shape index (κ3) is 21.1. The molecule has 1 saturated heterocycles. The molecule has 9 atom stereocenters. The number of carbonyl (C=O) groups is 8. The molecule has 0 bridgehead atoms. The van der Waals surface area contributed by atoms with Crippen LogP contribution < -0.4 is 21.3 Å². The minimum Gasteiger partial charge on any atom is -0.379 e. The van der Waals surface area contributed by atoms with Crippen molar-refractivity contribution in [2.45, 2.75) is 155 Å². The van der Waals surface area contributed by atoms with Gasteiger partial charge in [-0.1, -0.05) is 91.6 Å². The summed E-state index contributed by atoms with van der Waals surface area (Å²) in [6.07, 6.45) is 6.31. The standard InChI is InChI=1S/C57H94N8O12/c1-13-40(6)52(63(10)57(73)50(38(2)3)61-56(72)51(39(4)5)62(8)9)45(74-11)37-49(69)64-32-20-23-44(64)53(75-12)41(7)54(70)60-43(26-25-42-21-16-14-17-22-42)55(71)59-30-34-77-36-35-76-33-29-58-46(66)24-18-15-19-31-65-47(67)27-28-48(65)68/h14,16-17,21-22,27-28,38-41,43-45,50-53H,13,15,18-20,23-26,29-37H2,1-12H3,(H,58,66)(H,59,71)(H,60,70)(H,61,72)/t40-,41+,43+,44-,45+,50-,51-,52-,53+/m0/s1. The van der Waals surface area contributed by atoms with E-state index in [1.807, 2.05) is 90.9 Å². The largest absolute Gasteiger partial charge is 0.379 e. The molecule has 0 aliphatic carbocycles. The van der Waals surface area contributed by atoms with Crippen molar-refractivity contribution in [1.29, 1.82) is 0 Å².